The fourth-order valence-electron chi connectivity index (χ4n) is 1.70. The Morgan fingerprint density at radius 1 is 1.11 bits per heavy atom. The van der Waals surface area contributed by atoms with Crippen molar-refractivity contribution in [2.45, 2.75) is 4.90 Å². The molecule has 1 unspecified atom stereocenters. The maximum Gasteiger partial charge on any atom is 0.193 e. The molecule has 0 aliphatic rings. The maximum absolute atomic E-state index is 12.2. The Hall–Kier alpha value is -1.98. The van der Waals surface area contributed by atoms with E-state index in [-0.39, 0.29) is 16.4 Å². The van der Waals surface area contributed by atoms with Gasteiger partial charge in [0.2, 0.25) is 0 Å². The van der Waals surface area contributed by atoms with Crippen molar-refractivity contribution < 1.29 is 18.3 Å². The van der Waals surface area contributed by atoms with Crippen molar-refractivity contribution in [3.05, 3.63) is 59.7 Å². The van der Waals surface area contributed by atoms with Crippen LogP contribution in [0.25, 0.3) is 0 Å². The SMILES string of the molecule is COc1ccc(C(=O)c2ccccc2)cc1S(=O)[O-]. The predicted octanol–water partition coefficient (Wildman–Crippen LogP) is 2.16. The maximum atomic E-state index is 12.2. The van der Waals surface area contributed by atoms with Crippen LogP contribution in [0.5, 0.6) is 5.75 Å². The lowest BCUT2D eigenvalue weighted by Gasteiger charge is -2.12. The second-order valence-corrected chi connectivity index (χ2v) is 4.70. The van der Waals surface area contributed by atoms with Crippen LogP contribution < -0.4 is 4.74 Å². The highest BCUT2D eigenvalue weighted by atomic mass is 32.2. The minimum Gasteiger partial charge on any atom is -0.768 e. The first kappa shape index (κ1) is 13.5. The van der Waals surface area contributed by atoms with Crippen LogP contribution in [0.4, 0.5) is 0 Å². The van der Waals surface area contributed by atoms with Gasteiger partial charge in [0, 0.05) is 11.1 Å². The van der Waals surface area contributed by atoms with Gasteiger partial charge in [-0.1, -0.05) is 30.3 Å². The van der Waals surface area contributed by atoms with Gasteiger partial charge in [-0.15, -0.1) is 0 Å². The van der Waals surface area contributed by atoms with Gasteiger partial charge >= 0.3 is 0 Å². The monoisotopic (exact) mass is 275 g/mol. The van der Waals surface area contributed by atoms with Crippen molar-refractivity contribution in [2.24, 2.45) is 0 Å². The number of rotatable bonds is 4. The van der Waals surface area contributed by atoms with E-state index in [1.807, 2.05) is 6.07 Å². The predicted molar refractivity (Wildman–Crippen MR) is 70.1 cm³/mol. The number of methoxy groups -OCH3 is 1. The van der Waals surface area contributed by atoms with Crippen LogP contribution in [0, 0.1) is 0 Å². The molecule has 0 saturated carbocycles. The third-order valence-corrected chi connectivity index (χ3v) is 3.32. The van der Waals surface area contributed by atoms with Crippen LogP contribution in [0.15, 0.2) is 53.4 Å². The molecule has 0 bridgehead atoms. The standard InChI is InChI=1S/C14H12O4S/c1-18-12-8-7-11(9-13(12)19(16)17)14(15)10-5-3-2-4-6-10/h2-9H,1H3,(H,16,17)/p-1. The summed E-state index contributed by atoms with van der Waals surface area (Å²) < 4.78 is 27.1. The van der Waals surface area contributed by atoms with Crippen LogP contribution in [0.3, 0.4) is 0 Å². The zero-order chi connectivity index (χ0) is 13.8. The Kier molecular flexibility index (Phi) is 4.09. The molecule has 0 fully saturated rings. The van der Waals surface area contributed by atoms with Gasteiger partial charge in [-0.2, -0.15) is 0 Å². The molecule has 0 heterocycles. The Bertz CT molecular complexity index is 623. The van der Waals surface area contributed by atoms with Gasteiger partial charge in [0.15, 0.2) is 5.78 Å². The Morgan fingerprint density at radius 3 is 2.37 bits per heavy atom. The first-order valence-electron chi connectivity index (χ1n) is 5.50. The highest BCUT2D eigenvalue weighted by Crippen LogP contribution is 2.23. The number of carbonyl (C=O) groups excluding carboxylic acids is 1. The normalized spacial score (nSPS) is 11.9. The van der Waals surface area contributed by atoms with Gasteiger partial charge < -0.3 is 9.29 Å². The molecule has 5 heteroatoms. The molecule has 2 rings (SSSR count). The van der Waals surface area contributed by atoms with Gasteiger partial charge in [0.1, 0.15) is 5.75 Å². The topological polar surface area (TPSA) is 66.4 Å². The molecule has 0 aliphatic heterocycles. The lowest BCUT2D eigenvalue weighted by Crippen LogP contribution is -2.03. The van der Waals surface area contributed by atoms with Crippen LogP contribution >= 0.6 is 0 Å². The summed E-state index contributed by atoms with van der Waals surface area (Å²) in [7, 11) is 1.38. The summed E-state index contributed by atoms with van der Waals surface area (Å²) in [5.74, 6) is -0.00658. The van der Waals surface area contributed by atoms with Crippen molar-refractivity contribution in [1.29, 1.82) is 0 Å². The molecule has 0 amide bonds. The molecule has 0 aliphatic carbocycles. The Labute approximate surface area is 113 Å². The van der Waals surface area contributed by atoms with Crippen LogP contribution in [0.1, 0.15) is 15.9 Å². The number of hydrogen-bond acceptors (Lipinski definition) is 4. The van der Waals surface area contributed by atoms with Crippen LogP contribution in [0.2, 0.25) is 0 Å². The molecular weight excluding hydrogens is 264 g/mol. The molecule has 0 aromatic heterocycles. The summed E-state index contributed by atoms with van der Waals surface area (Å²) in [6.07, 6.45) is 0. The third kappa shape index (κ3) is 2.89. The van der Waals surface area contributed by atoms with Gasteiger partial charge in [-0.25, -0.2) is 0 Å². The summed E-state index contributed by atoms with van der Waals surface area (Å²) in [6, 6.07) is 13.0. The molecule has 0 saturated heterocycles. The zero-order valence-electron chi connectivity index (χ0n) is 10.2. The number of hydrogen-bond donors (Lipinski definition) is 0. The van der Waals surface area contributed by atoms with E-state index in [1.165, 1.54) is 19.2 Å². The average Bonchev–Trinajstić information content (AvgIpc) is 2.46. The Morgan fingerprint density at radius 2 is 1.79 bits per heavy atom. The van der Waals surface area contributed by atoms with Crippen molar-refractivity contribution in [2.75, 3.05) is 7.11 Å². The summed E-state index contributed by atoms with van der Waals surface area (Å²) >= 11 is -2.45. The van der Waals surface area contributed by atoms with E-state index < -0.39 is 11.1 Å². The van der Waals surface area contributed by atoms with Gasteiger partial charge in [0.25, 0.3) is 0 Å². The lowest BCUT2D eigenvalue weighted by molar-refractivity contribution is 0.103. The molecule has 0 spiro atoms. The summed E-state index contributed by atoms with van der Waals surface area (Å²) in [4.78, 5) is 12.2. The van der Waals surface area contributed by atoms with Crippen molar-refractivity contribution in [3.63, 3.8) is 0 Å². The molecule has 19 heavy (non-hydrogen) atoms. The number of ether oxygens (including phenoxy) is 1. The fourth-order valence-corrected chi connectivity index (χ4v) is 2.24. The van der Waals surface area contributed by atoms with Crippen molar-refractivity contribution in [1.82, 2.24) is 0 Å². The summed E-state index contributed by atoms with van der Waals surface area (Å²) in [5, 5.41) is 0. The summed E-state index contributed by atoms with van der Waals surface area (Å²) in [6.45, 7) is 0. The second kappa shape index (κ2) is 5.77. The first-order valence-corrected chi connectivity index (χ1v) is 6.58. The van der Waals surface area contributed by atoms with E-state index >= 15 is 0 Å². The highest BCUT2D eigenvalue weighted by molar-refractivity contribution is 7.79. The van der Waals surface area contributed by atoms with Gasteiger partial charge in [-0.3, -0.25) is 9.00 Å². The first-order chi connectivity index (χ1) is 9.13. The molecule has 98 valence electrons. The quantitative estimate of drug-likeness (QED) is 0.633. The molecule has 1 atom stereocenters. The average molecular weight is 275 g/mol. The minimum absolute atomic E-state index is 0.0238. The molecule has 0 radical (unpaired) electrons. The Balaban J connectivity index is 2.44. The van der Waals surface area contributed by atoms with Crippen LogP contribution in [-0.4, -0.2) is 21.7 Å². The lowest BCUT2D eigenvalue weighted by atomic mass is 10.0. The molecule has 0 N–H and O–H groups in total. The molecule has 2 aromatic carbocycles. The van der Waals surface area contributed by atoms with E-state index in [1.54, 1.807) is 30.3 Å². The van der Waals surface area contributed by atoms with Crippen LogP contribution in [-0.2, 0) is 11.1 Å². The second-order valence-electron chi connectivity index (χ2n) is 3.80. The molecule has 4 nitrogen and oxygen atoms in total. The largest absolute Gasteiger partial charge is 0.768 e. The van der Waals surface area contributed by atoms with Crippen molar-refractivity contribution >= 4 is 16.9 Å². The summed E-state index contributed by atoms with van der Waals surface area (Å²) in [5.41, 5.74) is 0.821. The fraction of sp³-hybridized carbons (Fsp3) is 0.0714. The van der Waals surface area contributed by atoms with Gasteiger partial charge in [-0.05, 0) is 29.3 Å². The van der Waals surface area contributed by atoms with E-state index in [0.717, 1.165) is 0 Å². The van der Waals surface area contributed by atoms with E-state index in [4.69, 9.17) is 4.74 Å². The minimum atomic E-state index is -2.45. The molecule has 2 aromatic rings. The number of carbonyl (C=O) groups is 1. The number of ketones is 1. The third-order valence-electron chi connectivity index (χ3n) is 2.64. The van der Waals surface area contributed by atoms with E-state index in [2.05, 4.69) is 0 Å². The molecular formula is C14H11O4S-. The smallest absolute Gasteiger partial charge is 0.193 e. The van der Waals surface area contributed by atoms with Crippen molar-refractivity contribution in [3.8, 4) is 5.75 Å². The van der Waals surface area contributed by atoms with E-state index in [0.29, 0.717) is 11.1 Å². The number of benzene rings is 2. The highest BCUT2D eigenvalue weighted by Gasteiger charge is 2.12. The van der Waals surface area contributed by atoms with E-state index in [9.17, 15) is 13.6 Å². The zero-order valence-corrected chi connectivity index (χ0v) is 11.0. The van der Waals surface area contributed by atoms with Gasteiger partial charge in [0.05, 0.1) is 12.0 Å².